The number of nitrogens with one attached hydrogen (secondary N) is 1. The third-order valence-corrected chi connectivity index (χ3v) is 3.66. The smallest absolute Gasteiger partial charge is 0.240 e. The molecule has 1 unspecified atom stereocenters. The molecule has 2 aromatic rings. The van der Waals surface area contributed by atoms with Gasteiger partial charge in [-0.05, 0) is 29.3 Å². The predicted molar refractivity (Wildman–Crippen MR) is 91.4 cm³/mol. The Morgan fingerprint density at radius 3 is 2.46 bits per heavy atom. The zero-order valence-electron chi connectivity index (χ0n) is 12.8. The van der Waals surface area contributed by atoms with Gasteiger partial charge in [0.1, 0.15) is 11.7 Å². The summed E-state index contributed by atoms with van der Waals surface area (Å²) in [6.45, 7) is 0.426. The van der Waals surface area contributed by atoms with Crippen LogP contribution in [-0.4, -0.2) is 23.0 Å². The molecule has 1 aliphatic heterocycles. The maximum atomic E-state index is 12.3. The molecule has 1 aliphatic rings. The van der Waals surface area contributed by atoms with Crippen LogP contribution in [-0.2, 0) is 16.1 Å². The van der Waals surface area contributed by atoms with Gasteiger partial charge in [-0.15, -0.1) is 0 Å². The van der Waals surface area contributed by atoms with Gasteiger partial charge in [0.15, 0.2) is 5.78 Å². The number of aromatic hydroxyl groups is 1. The van der Waals surface area contributed by atoms with Crippen LogP contribution < -0.4 is 5.32 Å². The number of carbonyl (C=O) groups excluding carboxylic acids is 2. The Morgan fingerprint density at radius 2 is 1.75 bits per heavy atom. The Bertz CT molecular complexity index is 808. The van der Waals surface area contributed by atoms with Gasteiger partial charge in [0.25, 0.3) is 0 Å². The summed E-state index contributed by atoms with van der Waals surface area (Å²) in [6, 6.07) is 16.0. The van der Waals surface area contributed by atoms with Crippen LogP contribution >= 0.6 is 0 Å². The van der Waals surface area contributed by atoms with Crippen LogP contribution in [0.15, 0.2) is 65.3 Å². The van der Waals surface area contributed by atoms with E-state index in [1.807, 2.05) is 30.3 Å². The minimum absolute atomic E-state index is 0.143. The lowest BCUT2D eigenvalue weighted by atomic mass is 10.1. The number of phenols is 1. The monoisotopic (exact) mass is 320 g/mol. The highest BCUT2D eigenvalue weighted by molar-refractivity contribution is 6.26. The molecule has 1 atom stereocenters. The number of rotatable bonds is 4. The standard InChI is InChI=1S/C19H16N2O3/c22-15-8-6-13(7-9-15)10-17-18(23)16(19(24)21-17)12-20-11-14-4-2-1-3-5-14/h1-10,12,16,22H,11H2,(H,21,24). The highest BCUT2D eigenvalue weighted by Crippen LogP contribution is 2.18. The average molecular weight is 320 g/mol. The second-order valence-electron chi connectivity index (χ2n) is 5.46. The highest BCUT2D eigenvalue weighted by Gasteiger charge is 2.35. The van der Waals surface area contributed by atoms with Gasteiger partial charge in [0.05, 0.1) is 12.2 Å². The Balaban J connectivity index is 1.71. The number of hydrogen-bond acceptors (Lipinski definition) is 4. The Morgan fingerprint density at radius 1 is 1.04 bits per heavy atom. The van der Waals surface area contributed by atoms with Crippen molar-refractivity contribution in [3.05, 3.63) is 71.4 Å². The minimum atomic E-state index is -0.892. The molecule has 0 spiro atoms. The van der Waals surface area contributed by atoms with E-state index in [1.54, 1.807) is 18.2 Å². The largest absolute Gasteiger partial charge is 0.508 e. The van der Waals surface area contributed by atoms with Gasteiger partial charge in [0, 0.05) is 6.21 Å². The van der Waals surface area contributed by atoms with Crippen LogP contribution in [0.3, 0.4) is 0 Å². The van der Waals surface area contributed by atoms with Gasteiger partial charge in [-0.3, -0.25) is 14.6 Å². The lowest BCUT2D eigenvalue weighted by Gasteiger charge is -1.98. The van der Waals surface area contributed by atoms with E-state index in [0.717, 1.165) is 11.1 Å². The molecule has 1 amide bonds. The van der Waals surface area contributed by atoms with Crippen molar-refractivity contribution in [2.45, 2.75) is 6.54 Å². The van der Waals surface area contributed by atoms with Gasteiger partial charge in [-0.1, -0.05) is 42.5 Å². The Kier molecular flexibility index (Phi) is 4.52. The lowest BCUT2D eigenvalue weighted by molar-refractivity contribution is -0.124. The third-order valence-electron chi connectivity index (χ3n) is 3.66. The number of phenolic OH excluding ortho intramolecular Hbond substituents is 1. The van der Waals surface area contributed by atoms with E-state index < -0.39 is 5.92 Å². The molecule has 5 heteroatoms. The van der Waals surface area contributed by atoms with Gasteiger partial charge in [-0.25, -0.2) is 0 Å². The summed E-state index contributed by atoms with van der Waals surface area (Å²) in [5.41, 5.74) is 1.97. The fourth-order valence-electron chi connectivity index (χ4n) is 2.39. The van der Waals surface area contributed by atoms with Crippen LogP contribution in [0.2, 0.25) is 0 Å². The first-order valence-electron chi connectivity index (χ1n) is 7.53. The summed E-state index contributed by atoms with van der Waals surface area (Å²) in [4.78, 5) is 28.5. The lowest BCUT2D eigenvalue weighted by Crippen LogP contribution is -2.20. The molecule has 0 aromatic heterocycles. The summed E-state index contributed by atoms with van der Waals surface area (Å²) >= 11 is 0. The van der Waals surface area contributed by atoms with Gasteiger partial charge >= 0.3 is 0 Å². The summed E-state index contributed by atoms with van der Waals surface area (Å²) in [7, 11) is 0. The first-order chi connectivity index (χ1) is 11.6. The molecule has 0 aliphatic carbocycles. The summed E-state index contributed by atoms with van der Waals surface area (Å²) < 4.78 is 0. The molecule has 24 heavy (non-hydrogen) atoms. The molecule has 3 rings (SSSR count). The molecule has 0 bridgehead atoms. The number of ketones is 1. The Hall–Kier alpha value is -3.21. The van der Waals surface area contributed by atoms with Crippen LogP contribution in [0.1, 0.15) is 11.1 Å². The molecule has 2 N–H and O–H groups in total. The van der Waals surface area contributed by atoms with Crippen molar-refractivity contribution in [2.75, 3.05) is 0 Å². The van der Waals surface area contributed by atoms with E-state index in [0.29, 0.717) is 6.54 Å². The van der Waals surface area contributed by atoms with Gasteiger partial charge in [0.2, 0.25) is 5.91 Å². The van der Waals surface area contributed by atoms with Crippen molar-refractivity contribution in [3.8, 4) is 5.75 Å². The second-order valence-corrected chi connectivity index (χ2v) is 5.46. The van der Waals surface area contributed by atoms with Crippen LogP contribution in [0.5, 0.6) is 5.75 Å². The zero-order valence-corrected chi connectivity index (χ0v) is 12.8. The highest BCUT2D eigenvalue weighted by atomic mass is 16.3. The van der Waals surface area contributed by atoms with E-state index in [2.05, 4.69) is 10.3 Å². The van der Waals surface area contributed by atoms with Crippen molar-refractivity contribution < 1.29 is 14.7 Å². The fraction of sp³-hybridized carbons (Fsp3) is 0.105. The van der Waals surface area contributed by atoms with Gasteiger partial charge < -0.3 is 10.4 Å². The SMILES string of the molecule is O=C1NC(=Cc2ccc(O)cc2)C(=O)C1C=NCc1ccccc1. The molecule has 1 fully saturated rings. The van der Waals surface area contributed by atoms with Crippen molar-refractivity contribution in [3.63, 3.8) is 0 Å². The molecular weight excluding hydrogens is 304 g/mol. The van der Waals surface area contributed by atoms with E-state index in [-0.39, 0.29) is 23.1 Å². The fourth-order valence-corrected chi connectivity index (χ4v) is 2.39. The third kappa shape index (κ3) is 3.57. The van der Waals surface area contributed by atoms with Gasteiger partial charge in [-0.2, -0.15) is 0 Å². The number of benzene rings is 2. The summed E-state index contributed by atoms with van der Waals surface area (Å²) in [5.74, 6) is -1.42. The number of allylic oxidation sites excluding steroid dienone is 1. The molecule has 2 aromatic carbocycles. The Labute approximate surface area is 139 Å². The number of amides is 1. The normalized spacial score (nSPS) is 19.2. The topological polar surface area (TPSA) is 78.8 Å². The maximum absolute atomic E-state index is 12.3. The number of Topliss-reactive ketones (excluding diaryl/α,β-unsaturated/α-hetero) is 1. The van der Waals surface area contributed by atoms with Crippen LogP contribution in [0, 0.1) is 5.92 Å². The number of hydrogen-bond donors (Lipinski definition) is 2. The van der Waals surface area contributed by atoms with Crippen molar-refractivity contribution in [1.29, 1.82) is 0 Å². The molecular formula is C19H16N2O3. The van der Waals surface area contributed by atoms with Crippen molar-refractivity contribution >= 4 is 24.0 Å². The van der Waals surface area contributed by atoms with E-state index >= 15 is 0 Å². The van der Waals surface area contributed by atoms with Crippen LogP contribution in [0.25, 0.3) is 6.08 Å². The first kappa shape index (κ1) is 15.7. The van der Waals surface area contributed by atoms with Crippen molar-refractivity contribution in [2.24, 2.45) is 10.9 Å². The maximum Gasteiger partial charge on any atom is 0.240 e. The molecule has 120 valence electrons. The first-order valence-corrected chi connectivity index (χ1v) is 7.53. The number of aliphatic imine (C=N–C) groups is 1. The predicted octanol–water partition coefficient (Wildman–Crippen LogP) is 2.32. The van der Waals surface area contributed by atoms with Crippen molar-refractivity contribution in [1.82, 2.24) is 5.32 Å². The minimum Gasteiger partial charge on any atom is -0.508 e. The second kappa shape index (κ2) is 6.91. The molecule has 1 saturated heterocycles. The molecule has 5 nitrogen and oxygen atoms in total. The van der Waals surface area contributed by atoms with E-state index in [4.69, 9.17) is 0 Å². The molecule has 0 radical (unpaired) electrons. The number of nitrogens with zero attached hydrogens (tertiary/aromatic N) is 1. The van der Waals surface area contributed by atoms with Crippen LogP contribution in [0.4, 0.5) is 0 Å². The summed E-state index contributed by atoms with van der Waals surface area (Å²) in [5, 5.41) is 11.9. The zero-order chi connectivity index (χ0) is 16.9. The average Bonchev–Trinajstić information content (AvgIpc) is 2.85. The molecule has 0 saturated carbocycles. The molecule has 1 heterocycles. The van der Waals surface area contributed by atoms with E-state index in [1.165, 1.54) is 18.3 Å². The number of carbonyl (C=O) groups is 2. The quantitative estimate of drug-likeness (QED) is 0.515. The van der Waals surface area contributed by atoms with E-state index in [9.17, 15) is 14.7 Å². The summed E-state index contributed by atoms with van der Waals surface area (Å²) in [6.07, 6.45) is 2.99.